The summed E-state index contributed by atoms with van der Waals surface area (Å²) in [6, 6.07) is 1.76. The Morgan fingerprint density at radius 3 is 2.89 bits per heavy atom. The molecule has 104 valence electrons. The van der Waals surface area contributed by atoms with Crippen LogP contribution in [0.4, 0.5) is 11.6 Å². The second-order valence-corrected chi connectivity index (χ2v) is 4.99. The van der Waals surface area contributed by atoms with Gasteiger partial charge < -0.3 is 15.6 Å². The lowest BCUT2D eigenvalue weighted by Gasteiger charge is -2.42. The number of aromatic nitrogens is 2. The number of nitrogens with two attached hydrogens (primary N) is 1. The number of hydrogen-bond acceptors (Lipinski definition) is 6. The van der Waals surface area contributed by atoms with Crippen molar-refractivity contribution in [1.29, 1.82) is 0 Å². The molecule has 2 rings (SSSR count). The number of hydrazine groups is 1. The predicted molar refractivity (Wildman–Crippen MR) is 73.7 cm³/mol. The van der Waals surface area contributed by atoms with E-state index in [1.54, 1.807) is 6.07 Å². The molecule has 1 amide bonds. The summed E-state index contributed by atoms with van der Waals surface area (Å²) in [5.41, 5.74) is 1.91. The van der Waals surface area contributed by atoms with Crippen molar-refractivity contribution in [3.63, 3.8) is 0 Å². The van der Waals surface area contributed by atoms with E-state index in [-0.39, 0.29) is 5.91 Å². The van der Waals surface area contributed by atoms with Crippen molar-refractivity contribution >= 4 is 17.5 Å². The number of anilines is 2. The molecule has 2 heterocycles. The van der Waals surface area contributed by atoms with Gasteiger partial charge in [-0.3, -0.25) is 4.79 Å². The fourth-order valence-corrected chi connectivity index (χ4v) is 2.15. The minimum absolute atomic E-state index is 0.00216. The van der Waals surface area contributed by atoms with Crippen molar-refractivity contribution in [2.24, 2.45) is 5.84 Å². The maximum Gasteiger partial charge on any atom is 0.245 e. The first-order valence-electron chi connectivity index (χ1n) is 6.39. The zero-order valence-electron chi connectivity index (χ0n) is 11.5. The van der Waals surface area contributed by atoms with Gasteiger partial charge in [0.25, 0.3) is 0 Å². The summed E-state index contributed by atoms with van der Waals surface area (Å²) < 4.78 is 0. The normalized spacial score (nSPS) is 18.1. The summed E-state index contributed by atoms with van der Waals surface area (Å²) in [7, 11) is 0. The van der Waals surface area contributed by atoms with Crippen LogP contribution >= 0.6 is 0 Å². The molecule has 19 heavy (non-hydrogen) atoms. The Hall–Kier alpha value is -1.89. The quantitative estimate of drug-likeness (QED) is 0.527. The Balaban J connectivity index is 2.42. The monoisotopic (exact) mass is 264 g/mol. The van der Waals surface area contributed by atoms with Gasteiger partial charge in [0.15, 0.2) is 0 Å². The van der Waals surface area contributed by atoms with E-state index in [9.17, 15) is 4.79 Å². The summed E-state index contributed by atoms with van der Waals surface area (Å²) in [6.45, 7) is 7.06. The number of nitrogens with one attached hydrogen (secondary N) is 2. The van der Waals surface area contributed by atoms with E-state index in [0.29, 0.717) is 31.2 Å². The average molecular weight is 264 g/mol. The van der Waals surface area contributed by atoms with E-state index in [2.05, 4.69) is 20.7 Å². The zero-order valence-corrected chi connectivity index (χ0v) is 11.5. The number of amides is 1. The molecule has 4 N–H and O–H groups in total. The second-order valence-electron chi connectivity index (χ2n) is 4.99. The molecule has 0 atom stereocenters. The predicted octanol–water partition coefficient (Wildman–Crippen LogP) is 0.0394. The number of rotatable bonds is 3. The Morgan fingerprint density at radius 1 is 1.53 bits per heavy atom. The molecule has 1 saturated heterocycles. The molecule has 0 unspecified atom stereocenters. The SMILES string of the molecule is CCc1nc(NN)cc(N2CCNC(=O)C2(C)C)n1. The molecule has 0 aliphatic carbocycles. The smallest absolute Gasteiger partial charge is 0.245 e. The first kappa shape index (κ1) is 13.5. The molecule has 1 aromatic heterocycles. The zero-order chi connectivity index (χ0) is 14.0. The lowest BCUT2D eigenvalue weighted by atomic mass is 9.99. The largest absolute Gasteiger partial charge is 0.352 e. The highest BCUT2D eigenvalue weighted by atomic mass is 16.2. The number of nitrogen functional groups attached to an aromatic ring is 1. The maximum atomic E-state index is 12.0. The molecule has 7 nitrogen and oxygen atoms in total. The minimum atomic E-state index is -0.635. The number of hydrogen-bond donors (Lipinski definition) is 3. The van der Waals surface area contributed by atoms with E-state index >= 15 is 0 Å². The number of carbonyl (C=O) groups is 1. The van der Waals surface area contributed by atoms with Gasteiger partial charge in [-0.2, -0.15) is 0 Å². The lowest BCUT2D eigenvalue weighted by molar-refractivity contribution is -0.126. The van der Waals surface area contributed by atoms with Gasteiger partial charge in [0, 0.05) is 25.6 Å². The molecule has 1 fully saturated rings. The van der Waals surface area contributed by atoms with Crippen molar-refractivity contribution in [3.8, 4) is 0 Å². The van der Waals surface area contributed by atoms with Crippen molar-refractivity contribution < 1.29 is 4.79 Å². The van der Waals surface area contributed by atoms with Crippen LogP contribution in [0.2, 0.25) is 0 Å². The number of nitrogens with zero attached hydrogens (tertiary/aromatic N) is 3. The number of piperazine rings is 1. The van der Waals surface area contributed by atoms with Crippen molar-refractivity contribution in [1.82, 2.24) is 15.3 Å². The van der Waals surface area contributed by atoms with E-state index < -0.39 is 5.54 Å². The molecule has 0 spiro atoms. The first-order valence-corrected chi connectivity index (χ1v) is 6.39. The highest BCUT2D eigenvalue weighted by molar-refractivity contribution is 5.90. The molecular weight excluding hydrogens is 244 g/mol. The Labute approximate surface area is 112 Å². The van der Waals surface area contributed by atoms with Crippen LogP contribution in [0, 0.1) is 0 Å². The Bertz CT molecular complexity index is 465. The van der Waals surface area contributed by atoms with E-state index in [4.69, 9.17) is 5.84 Å². The second kappa shape index (κ2) is 5.00. The topological polar surface area (TPSA) is 96.2 Å². The standard InChI is InChI=1S/C12H20N6O/c1-4-8-15-9(17-13)7-10(16-8)18-6-5-14-11(19)12(18,2)3/h7H,4-6,13H2,1-3H3,(H,14,19)(H,15,16,17). The van der Waals surface area contributed by atoms with E-state index in [1.807, 2.05) is 25.7 Å². The Kier molecular flexibility index (Phi) is 3.57. The summed E-state index contributed by atoms with van der Waals surface area (Å²) in [5.74, 6) is 7.41. The third-order valence-electron chi connectivity index (χ3n) is 3.35. The summed E-state index contributed by atoms with van der Waals surface area (Å²) in [5, 5.41) is 2.86. The maximum absolute atomic E-state index is 12.0. The molecule has 1 aliphatic heterocycles. The van der Waals surface area contributed by atoms with Gasteiger partial charge >= 0.3 is 0 Å². The van der Waals surface area contributed by atoms with Crippen LogP contribution in [0.1, 0.15) is 26.6 Å². The van der Waals surface area contributed by atoms with Crippen LogP contribution in [-0.2, 0) is 11.2 Å². The van der Waals surface area contributed by atoms with Gasteiger partial charge in [0.05, 0.1) is 0 Å². The van der Waals surface area contributed by atoms with Crippen LogP contribution in [0.3, 0.4) is 0 Å². The molecule has 0 bridgehead atoms. The molecule has 1 aliphatic rings. The van der Waals surface area contributed by atoms with Crippen LogP contribution < -0.4 is 21.5 Å². The molecule has 7 heteroatoms. The van der Waals surface area contributed by atoms with Gasteiger partial charge in [0.1, 0.15) is 23.0 Å². The molecule has 0 radical (unpaired) electrons. The lowest BCUT2D eigenvalue weighted by Crippen LogP contribution is -2.62. The third kappa shape index (κ3) is 2.46. The van der Waals surface area contributed by atoms with Gasteiger partial charge in [-0.15, -0.1) is 0 Å². The van der Waals surface area contributed by atoms with E-state index in [0.717, 1.165) is 5.82 Å². The van der Waals surface area contributed by atoms with Crippen molar-refractivity contribution in [3.05, 3.63) is 11.9 Å². The fraction of sp³-hybridized carbons (Fsp3) is 0.583. The van der Waals surface area contributed by atoms with Crippen LogP contribution in [0.5, 0.6) is 0 Å². The molecule has 0 saturated carbocycles. The van der Waals surface area contributed by atoms with Crippen LogP contribution in [-0.4, -0.2) is 34.5 Å². The van der Waals surface area contributed by atoms with Gasteiger partial charge in [0.2, 0.25) is 5.91 Å². The molecule has 1 aromatic rings. The highest BCUT2D eigenvalue weighted by Crippen LogP contribution is 2.26. The summed E-state index contributed by atoms with van der Waals surface area (Å²) >= 11 is 0. The van der Waals surface area contributed by atoms with Gasteiger partial charge in [-0.05, 0) is 13.8 Å². The van der Waals surface area contributed by atoms with Gasteiger partial charge in [-0.25, -0.2) is 15.8 Å². The average Bonchev–Trinajstić information content (AvgIpc) is 2.41. The van der Waals surface area contributed by atoms with Crippen molar-refractivity contribution in [2.75, 3.05) is 23.4 Å². The van der Waals surface area contributed by atoms with Crippen molar-refractivity contribution in [2.45, 2.75) is 32.7 Å². The third-order valence-corrected chi connectivity index (χ3v) is 3.35. The van der Waals surface area contributed by atoms with Gasteiger partial charge in [-0.1, -0.05) is 6.92 Å². The minimum Gasteiger partial charge on any atom is -0.352 e. The highest BCUT2D eigenvalue weighted by Gasteiger charge is 2.38. The van der Waals surface area contributed by atoms with E-state index in [1.165, 1.54) is 0 Å². The Morgan fingerprint density at radius 2 is 2.26 bits per heavy atom. The molecule has 0 aromatic carbocycles. The summed E-state index contributed by atoms with van der Waals surface area (Å²) in [4.78, 5) is 22.7. The summed E-state index contributed by atoms with van der Waals surface area (Å²) in [6.07, 6.45) is 0.711. The molecular formula is C12H20N6O. The number of carbonyl (C=O) groups excluding carboxylic acids is 1. The fourth-order valence-electron chi connectivity index (χ4n) is 2.15. The first-order chi connectivity index (χ1) is 8.98. The van der Waals surface area contributed by atoms with Crippen LogP contribution in [0.15, 0.2) is 6.07 Å². The number of aryl methyl sites for hydroxylation is 1. The van der Waals surface area contributed by atoms with Crippen LogP contribution in [0.25, 0.3) is 0 Å².